The van der Waals surface area contributed by atoms with Gasteiger partial charge in [0.05, 0.1) is 6.54 Å². The van der Waals surface area contributed by atoms with E-state index in [0.29, 0.717) is 0 Å². The maximum Gasteiger partial charge on any atom is 0.134 e. The summed E-state index contributed by atoms with van der Waals surface area (Å²) in [7, 11) is 1.99. The summed E-state index contributed by atoms with van der Waals surface area (Å²) in [6.07, 6.45) is 2.56. The Bertz CT molecular complexity index is 600. The molecule has 1 N–H and O–H groups in total. The smallest absolute Gasteiger partial charge is 0.134 e. The van der Waals surface area contributed by atoms with Crippen LogP contribution in [0.5, 0.6) is 0 Å². The first kappa shape index (κ1) is 13.7. The lowest BCUT2D eigenvalue weighted by molar-refractivity contribution is 0.155. The predicted molar refractivity (Wildman–Crippen MR) is 82.7 cm³/mol. The number of fused-ring (bicyclic) bond motifs is 1. The Morgan fingerprint density at radius 2 is 2.10 bits per heavy atom. The van der Waals surface area contributed by atoms with E-state index >= 15 is 0 Å². The second kappa shape index (κ2) is 5.23. The molecule has 0 atom stereocenters. The highest BCUT2D eigenvalue weighted by Gasteiger charge is 2.33. The summed E-state index contributed by atoms with van der Waals surface area (Å²) in [5.74, 6) is 1.12. The molecular weight excluding hydrogens is 248 g/mol. The number of benzene rings is 1. The van der Waals surface area contributed by atoms with Gasteiger partial charge in [0.25, 0.3) is 0 Å². The van der Waals surface area contributed by atoms with Crippen molar-refractivity contribution in [3.8, 4) is 0 Å². The third-order valence-electron chi connectivity index (χ3n) is 4.54. The summed E-state index contributed by atoms with van der Waals surface area (Å²) in [5, 5.41) is 4.51. The van der Waals surface area contributed by atoms with Crippen molar-refractivity contribution in [3.63, 3.8) is 0 Å². The van der Waals surface area contributed by atoms with Crippen molar-refractivity contribution in [2.75, 3.05) is 13.6 Å². The van der Waals surface area contributed by atoms with Crippen LogP contribution >= 0.6 is 0 Å². The number of para-hydroxylation sites is 1. The second-order valence-corrected chi connectivity index (χ2v) is 6.37. The lowest BCUT2D eigenvalue weighted by Gasteiger charge is -2.31. The van der Waals surface area contributed by atoms with Gasteiger partial charge in [-0.1, -0.05) is 18.2 Å². The standard InChI is InChI=1S/C17H24N2O/c1-17(2)9-6-10-19(17)12-16-14(11-18-3)13-7-4-5-8-15(13)20-16/h4-5,7-8,18H,6,9-12H2,1-3H3. The maximum atomic E-state index is 6.13. The van der Waals surface area contributed by atoms with Crippen molar-refractivity contribution in [2.24, 2.45) is 0 Å². The number of hydrogen-bond donors (Lipinski definition) is 1. The second-order valence-electron chi connectivity index (χ2n) is 6.37. The topological polar surface area (TPSA) is 28.4 Å². The van der Waals surface area contributed by atoms with Gasteiger partial charge in [-0.25, -0.2) is 0 Å². The molecule has 1 aliphatic rings. The zero-order valence-corrected chi connectivity index (χ0v) is 12.7. The van der Waals surface area contributed by atoms with Crippen LogP contribution in [0.1, 0.15) is 38.0 Å². The summed E-state index contributed by atoms with van der Waals surface area (Å²) >= 11 is 0. The summed E-state index contributed by atoms with van der Waals surface area (Å²) in [5.41, 5.74) is 2.60. The highest BCUT2D eigenvalue weighted by atomic mass is 16.3. The average molecular weight is 272 g/mol. The molecule has 0 spiro atoms. The van der Waals surface area contributed by atoms with Gasteiger partial charge in [0.2, 0.25) is 0 Å². The van der Waals surface area contributed by atoms with E-state index < -0.39 is 0 Å². The Morgan fingerprint density at radius 1 is 1.30 bits per heavy atom. The van der Waals surface area contributed by atoms with E-state index in [0.717, 1.165) is 24.4 Å². The Balaban J connectivity index is 1.96. The third-order valence-corrected chi connectivity index (χ3v) is 4.54. The van der Waals surface area contributed by atoms with Crippen LogP contribution in [0.3, 0.4) is 0 Å². The minimum Gasteiger partial charge on any atom is -0.459 e. The molecule has 0 aliphatic carbocycles. The van der Waals surface area contributed by atoms with Crippen molar-refractivity contribution < 1.29 is 4.42 Å². The van der Waals surface area contributed by atoms with Crippen LogP contribution in [0.2, 0.25) is 0 Å². The fourth-order valence-corrected chi connectivity index (χ4v) is 3.28. The van der Waals surface area contributed by atoms with E-state index in [1.165, 1.54) is 30.3 Å². The summed E-state index contributed by atoms with van der Waals surface area (Å²) in [6, 6.07) is 8.34. The van der Waals surface area contributed by atoms with Gasteiger partial charge < -0.3 is 9.73 Å². The monoisotopic (exact) mass is 272 g/mol. The molecule has 0 unspecified atom stereocenters. The summed E-state index contributed by atoms with van der Waals surface area (Å²) in [4.78, 5) is 2.55. The molecule has 0 bridgehead atoms. The van der Waals surface area contributed by atoms with Crippen LogP contribution in [0, 0.1) is 0 Å². The normalized spacial score (nSPS) is 18.9. The lowest BCUT2D eigenvalue weighted by atomic mass is 10.0. The van der Waals surface area contributed by atoms with Crippen LogP contribution < -0.4 is 5.32 Å². The fourth-order valence-electron chi connectivity index (χ4n) is 3.28. The van der Waals surface area contributed by atoms with Crippen molar-refractivity contribution in [1.82, 2.24) is 10.2 Å². The Hall–Kier alpha value is -1.32. The van der Waals surface area contributed by atoms with Gasteiger partial charge in [0.15, 0.2) is 0 Å². The highest BCUT2D eigenvalue weighted by Crippen LogP contribution is 2.33. The molecule has 1 aromatic heterocycles. The molecule has 1 saturated heterocycles. The highest BCUT2D eigenvalue weighted by molar-refractivity contribution is 5.82. The summed E-state index contributed by atoms with van der Waals surface area (Å²) in [6.45, 7) is 7.61. The molecule has 108 valence electrons. The van der Waals surface area contributed by atoms with E-state index in [9.17, 15) is 0 Å². The van der Waals surface area contributed by atoms with Crippen molar-refractivity contribution in [1.29, 1.82) is 0 Å². The largest absolute Gasteiger partial charge is 0.459 e. The third kappa shape index (κ3) is 2.36. The molecule has 0 saturated carbocycles. The van der Waals surface area contributed by atoms with Gasteiger partial charge >= 0.3 is 0 Å². The van der Waals surface area contributed by atoms with E-state index in [1.807, 2.05) is 13.1 Å². The van der Waals surface area contributed by atoms with Gasteiger partial charge in [-0.3, -0.25) is 4.90 Å². The van der Waals surface area contributed by atoms with Gasteiger partial charge in [-0.05, 0) is 46.3 Å². The lowest BCUT2D eigenvalue weighted by Crippen LogP contribution is -2.37. The van der Waals surface area contributed by atoms with Crippen LogP contribution in [0.15, 0.2) is 28.7 Å². The molecule has 3 heteroatoms. The van der Waals surface area contributed by atoms with Crippen LogP contribution in [0.4, 0.5) is 0 Å². The minimum absolute atomic E-state index is 0.288. The number of likely N-dealkylation sites (tertiary alicyclic amines) is 1. The van der Waals surface area contributed by atoms with Crippen LogP contribution in [-0.2, 0) is 13.1 Å². The molecule has 3 rings (SSSR count). The Labute approximate surface area is 120 Å². The number of furan rings is 1. The molecule has 1 fully saturated rings. The zero-order chi connectivity index (χ0) is 14.2. The van der Waals surface area contributed by atoms with E-state index in [-0.39, 0.29) is 5.54 Å². The van der Waals surface area contributed by atoms with E-state index in [4.69, 9.17) is 4.42 Å². The SMILES string of the molecule is CNCc1c(CN2CCCC2(C)C)oc2ccccc12. The molecule has 20 heavy (non-hydrogen) atoms. The zero-order valence-electron chi connectivity index (χ0n) is 12.7. The van der Waals surface area contributed by atoms with Crippen LogP contribution in [-0.4, -0.2) is 24.0 Å². The van der Waals surface area contributed by atoms with Crippen LogP contribution in [0.25, 0.3) is 11.0 Å². The van der Waals surface area contributed by atoms with Gasteiger partial charge in [-0.2, -0.15) is 0 Å². The predicted octanol–water partition coefficient (Wildman–Crippen LogP) is 3.53. The van der Waals surface area contributed by atoms with Gasteiger partial charge in [0.1, 0.15) is 11.3 Å². The maximum absolute atomic E-state index is 6.13. The van der Waals surface area contributed by atoms with Gasteiger partial charge in [-0.15, -0.1) is 0 Å². The first-order valence-electron chi connectivity index (χ1n) is 7.51. The Kier molecular flexibility index (Phi) is 3.57. The molecule has 0 radical (unpaired) electrons. The van der Waals surface area contributed by atoms with Gasteiger partial charge in [0, 0.05) is 23.0 Å². The molecule has 3 nitrogen and oxygen atoms in total. The van der Waals surface area contributed by atoms with E-state index in [2.05, 4.69) is 42.3 Å². The van der Waals surface area contributed by atoms with E-state index in [1.54, 1.807) is 0 Å². The minimum atomic E-state index is 0.288. The van der Waals surface area contributed by atoms with Crippen molar-refractivity contribution >= 4 is 11.0 Å². The molecule has 1 aromatic carbocycles. The first-order valence-corrected chi connectivity index (χ1v) is 7.51. The number of nitrogens with one attached hydrogen (secondary N) is 1. The Morgan fingerprint density at radius 3 is 2.80 bits per heavy atom. The fraction of sp³-hybridized carbons (Fsp3) is 0.529. The number of nitrogens with zero attached hydrogens (tertiary/aromatic N) is 1. The molecule has 1 aliphatic heterocycles. The molecule has 0 amide bonds. The summed E-state index contributed by atoms with van der Waals surface area (Å²) < 4.78 is 6.13. The quantitative estimate of drug-likeness (QED) is 0.923. The number of rotatable bonds is 4. The molecule has 2 heterocycles. The number of hydrogen-bond acceptors (Lipinski definition) is 3. The molecule has 2 aromatic rings. The van der Waals surface area contributed by atoms with Crippen molar-refractivity contribution in [2.45, 2.75) is 45.3 Å². The van der Waals surface area contributed by atoms with Crippen molar-refractivity contribution in [3.05, 3.63) is 35.6 Å². The average Bonchev–Trinajstić information content (AvgIpc) is 2.92. The first-order chi connectivity index (χ1) is 9.62. The molecular formula is C17H24N2O.